The van der Waals surface area contributed by atoms with Gasteiger partial charge in [0.15, 0.2) is 0 Å². The maximum atomic E-state index is 12.9. The molecule has 0 radical (unpaired) electrons. The van der Waals surface area contributed by atoms with Crippen molar-refractivity contribution in [3.8, 4) is 0 Å². The zero-order valence-electron chi connectivity index (χ0n) is 16.3. The number of esters is 2. The molecule has 0 N–H and O–H groups in total. The Morgan fingerprint density at radius 3 is 1.60 bits per heavy atom. The van der Waals surface area contributed by atoms with E-state index in [9.17, 15) is 9.59 Å². The molecular weight excluding hydrogens is 316 g/mol. The Labute approximate surface area is 152 Å². The third-order valence-corrected chi connectivity index (χ3v) is 6.72. The van der Waals surface area contributed by atoms with Gasteiger partial charge in [-0.05, 0) is 54.8 Å². The molecule has 4 atom stereocenters. The average Bonchev–Trinajstić information content (AvgIpc) is 3.25. The van der Waals surface area contributed by atoms with Crippen LogP contribution < -0.4 is 0 Å². The highest BCUT2D eigenvalue weighted by Gasteiger charge is 2.68. The maximum Gasteiger partial charge on any atom is 0.310 e. The van der Waals surface area contributed by atoms with Gasteiger partial charge in [0.05, 0.1) is 25.0 Å². The molecule has 4 heteroatoms. The van der Waals surface area contributed by atoms with Crippen LogP contribution in [0.15, 0.2) is 0 Å². The lowest BCUT2D eigenvalue weighted by atomic mass is 9.74. The van der Waals surface area contributed by atoms with E-state index in [1.54, 1.807) is 0 Å². The Bertz CT molecular complexity index is 464. The molecule has 4 unspecified atom stereocenters. The second-order valence-corrected chi connectivity index (χ2v) is 9.33. The molecule has 25 heavy (non-hydrogen) atoms. The molecular formula is C21H34O4. The summed E-state index contributed by atoms with van der Waals surface area (Å²) in [6.07, 6.45) is 6.94. The monoisotopic (exact) mass is 350 g/mol. The van der Waals surface area contributed by atoms with Crippen LogP contribution in [0.2, 0.25) is 0 Å². The van der Waals surface area contributed by atoms with Gasteiger partial charge in [0.2, 0.25) is 0 Å². The highest BCUT2D eigenvalue weighted by Crippen LogP contribution is 2.69. The van der Waals surface area contributed by atoms with Crippen molar-refractivity contribution in [1.29, 1.82) is 0 Å². The summed E-state index contributed by atoms with van der Waals surface area (Å²) in [4.78, 5) is 25.8. The van der Waals surface area contributed by atoms with E-state index in [2.05, 4.69) is 0 Å². The Kier molecular flexibility index (Phi) is 5.45. The minimum absolute atomic E-state index is 0.154. The summed E-state index contributed by atoms with van der Waals surface area (Å²) < 4.78 is 11.2. The molecule has 0 aromatic rings. The fraction of sp³-hybridized carbons (Fsp3) is 0.905. The van der Waals surface area contributed by atoms with Gasteiger partial charge in [-0.3, -0.25) is 9.59 Å². The lowest BCUT2D eigenvalue weighted by molar-refractivity contribution is -0.164. The first-order valence-electron chi connectivity index (χ1n) is 10.2. The van der Waals surface area contributed by atoms with Gasteiger partial charge in [0.25, 0.3) is 0 Å². The van der Waals surface area contributed by atoms with E-state index in [0.29, 0.717) is 36.9 Å². The van der Waals surface area contributed by atoms with Gasteiger partial charge in [-0.2, -0.15) is 0 Å². The molecule has 142 valence electrons. The van der Waals surface area contributed by atoms with Crippen molar-refractivity contribution in [3.05, 3.63) is 0 Å². The zero-order chi connectivity index (χ0) is 18.2. The van der Waals surface area contributed by atoms with Crippen molar-refractivity contribution in [2.24, 2.45) is 40.9 Å². The molecule has 0 aromatic carbocycles. The van der Waals surface area contributed by atoms with Crippen LogP contribution in [0.3, 0.4) is 0 Å². The predicted octanol–water partition coefficient (Wildman–Crippen LogP) is 4.22. The van der Waals surface area contributed by atoms with Crippen molar-refractivity contribution in [3.63, 3.8) is 0 Å². The molecule has 3 aliphatic rings. The van der Waals surface area contributed by atoms with Crippen molar-refractivity contribution in [1.82, 2.24) is 0 Å². The highest BCUT2D eigenvalue weighted by atomic mass is 16.5. The quantitative estimate of drug-likeness (QED) is 0.673. The standard InChI is InChI=1S/C21H34O4/c1-13(2)11-24-19(22)17-15-7-8-16(21(15)9-5-6-10-21)18(17)20(23)25-12-14(3)4/h13-18H,5-12H2,1-4H3. The van der Waals surface area contributed by atoms with Gasteiger partial charge in [0, 0.05) is 0 Å². The summed E-state index contributed by atoms with van der Waals surface area (Å²) in [6, 6.07) is 0. The molecule has 0 saturated heterocycles. The van der Waals surface area contributed by atoms with Crippen LogP contribution >= 0.6 is 0 Å². The highest BCUT2D eigenvalue weighted by molar-refractivity contribution is 5.84. The van der Waals surface area contributed by atoms with E-state index in [4.69, 9.17) is 9.47 Å². The first kappa shape index (κ1) is 18.7. The van der Waals surface area contributed by atoms with E-state index in [0.717, 1.165) is 12.8 Å². The van der Waals surface area contributed by atoms with Crippen molar-refractivity contribution < 1.29 is 19.1 Å². The molecule has 3 fully saturated rings. The molecule has 3 rings (SSSR count). The molecule has 3 saturated carbocycles. The predicted molar refractivity (Wildman–Crippen MR) is 95.7 cm³/mol. The van der Waals surface area contributed by atoms with Gasteiger partial charge in [-0.15, -0.1) is 0 Å². The second-order valence-electron chi connectivity index (χ2n) is 9.33. The van der Waals surface area contributed by atoms with E-state index in [1.807, 2.05) is 27.7 Å². The van der Waals surface area contributed by atoms with Crippen LogP contribution in [0.25, 0.3) is 0 Å². The summed E-state index contributed by atoms with van der Waals surface area (Å²) >= 11 is 0. The van der Waals surface area contributed by atoms with Crippen molar-refractivity contribution in [2.45, 2.75) is 66.2 Å². The van der Waals surface area contributed by atoms with Crippen LogP contribution in [0.5, 0.6) is 0 Å². The van der Waals surface area contributed by atoms with Crippen LogP contribution in [-0.4, -0.2) is 25.2 Å². The largest absolute Gasteiger partial charge is 0.465 e. The minimum atomic E-state index is -0.282. The fourth-order valence-corrected chi connectivity index (χ4v) is 5.87. The minimum Gasteiger partial charge on any atom is -0.465 e. The molecule has 2 bridgehead atoms. The Balaban J connectivity index is 1.81. The first-order valence-corrected chi connectivity index (χ1v) is 10.2. The van der Waals surface area contributed by atoms with Gasteiger partial charge < -0.3 is 9.47 Å². The molecule has 0 amide bonds. The summed E-state index contributed by atoms with van der Waals surface area (Å²) in [7, 11) is 0. The van der Waals surface area contributed by atoms with Crippen LogP contribution in [-0.2, 0) is 19.1 Å². The van der Waals surface area contributed by atoms with E-state index >= 15 is 0 Å². The molecule has 0 heterocycles. The third kappa shape index (κ3) is 3.33. The smallest absolute Gasteiger partial charge is 0.310 e. The van der Waals surface area contributed by atoms with Crippen molar-refractivity contribution >= 4 is 11.9 Å². The van der Waals surface area contributed by atoms with Crippen molar-refractivity contribution in [2.75, 3.05) is 13.2 Å². The van der Waals surface area contributed by atoms with Crippen LogP contribution in [0, 0.1) is 40.9 Å². The van der Waals surface area contributed by atoms with E-state index in [1.165, 1.54) is 25.7 Å². The molecule has 3 aliphatic carbocycles. The average molecular weight is 350 g/mol. The third-order valence-electron chi connectivity index (χ3n) is 6.72. The number of hydrogen-bond donors (Lipinski definition) is 0. The zero-order valence-corrected chi connectivity index (χ0v) is 16.3. The first-order chi connectivity index (χ1) is 11.9. The molecule has 0 aliphatic heterocycles. The van der Waals surface area contributed by atoms with E-state index < -0.39 is 0 Å². The number of carbonyl (C=O) groups excluding carboxylic acids is 2. The van der Waals surface area contributed by atoms with Crippen LogP contribution in [0.1, 0.15) is 66.2 Å². The number of carbonyl (C=O) groups is 2. The molecule has 1 spiro atoms. The molecule has 0 aromatic heterocycles. The van der Waals surface area contributed by atoms with E-state index in [-0.39, 0.29) is 29.2 Å². The Morgan fingerprint density at radius 1 is 0.840 bits per heavy atom. The van der Waals surface area contributed by atoms with Gasteiger partial charge >= 0.3 is 11.9 Å². The lowest BCUT2D eigenvalue weighted by Crippen LogP contribution is -2.37. The second kappa shape index (κ2) is 7.28. The Hall–Kier alpha value is -1.06. The molecule has 4 nitrogen and oxygen atoms in total. The number of rotatable bonds is 6. The lowest BCUT2D eigenvalue weighted by Gasteiger charge is -2.30. The summed E-state index contributed by atoms with van der Waals surface area (Å²) in [5.41, 5.74) is 0.197. The topological polar surface area (TPSA) is 52.6 Å². The Morgan fingerprint density at radius 2 is 1.24 bits per heavy atom. The van der Waals surface area contributed by atoms with Gasteiger partial charge in [-0.1, -0.05) is 40.5 Å². The maximum absolute atomic E-state index is 12.9. The fourth-order valence-electron chi connectivity index (χ4n) is 5.87. The number of ether oxygens (including phenoxy) is 2. The summed E-state index contributed by atoms with van der Waals surface area (Å²) in [5.74, 6) is 0.388. The number of hydrogen-bond acceptors (Lipinski definition) is 4. The summed E-state index contributed by atoms with van der Waals surface area (Å²) in [5, 5.41) is 0. The van der Waals surface area contributed by atoms with Gasteiger partial charge in [0.1, 0.15) is 0 Å². The SMILES string of the molecule is CC(C)COC(=O)C1C(C(=O)OCC(C)C)C2CCC1C21CCCC1. The summed E-state index contributed by atoms with van der Waals surface area (Å²) in [6.45, 7) is 9.05. The van der Waals surface area contributed by atoms with Gasteiger partial charge in [-0.25, -0.2) is 0 Å². The van der Waals surface area contributed by atoms with Crippen LogP contribution in [0.4, 0.5) is 0 Å². The normalized spacial score (nSPS) is 32.7.